The summed E-state index contributed by atoms with van der Waals surface area (Å²) >= 11 is 0. The quantitative estimate of drug-likeness (QED) is 0.563. The average Bonchev–Trinajstić information content (AvgIpc) is 3.38. The van der Waals surface area contributed by atoms with Crippen molar-refractivity contribution in [2.45, 2.75) is 74.3 Å². The van der Waals surface area contributed by atoms with Crippen LogP contribution in [0.4, 0.5) is 13.2 Å². The van der Waals surface area contributed by atoms with Crippen LogP contribution in [0.3, 0.4) is 0 Å². The molecule has 1 amide bonds. The van der Waals surface area contributed by atoms with E-state index in [2.05, 4.69) is 15.2 Å². The second kappa shape index (κ2) is 11.9. The number of carbonyl (C=O) groups excluding carboxylic acids is 1. The number of benzene rings is 1. The van der Waals surface area contributed by atoms with Gasteiger partial charge in [-0.05, 0) is 49.1 Å². The molecule has 5 rings (SSSR count). The third-order valence-corrected chi connectivity index (χ3v) is 10.00. The molecule has 1 N–H and O–H groups in total. The predicted octanol–water partition coefficient (Wildman–Crippen LogP) is 3.59. The van der Waals surface area contributed by atoms with Gasteiger partial charge >= 0.3 is 6.18 Å². The van der Waals surface area contributed by atoms with E-state index >= 15 is 0 Å². The highest BCUT2D eigenvalue weighted by Crippen LogP contribution is 2.39. The Bertz CT molecular complexity index is 1330. The second-order valence-corrected chi connectivity index (χ2v) is 12.8. The van der Waals surface area contributed by atoms with Crippen molar-refractivity contribution in [3.8, 4) is 5.75 Å². The summed E-state index contributed by atoms with van der Waals surface area (Å²) in [7, 11) is -4.54. The van der Waals surface area contributed by atoms with Crippen LogP contribution in [-0.2, 0) is 32.3 Å². The average molecular weight is 597 g/mol. The van der Waals surface area contributed by atoms with E-state index in [1.54, 1.807) is 6.20 Å². The number of aromatic nitrogens is 1. The lowest BCUT2D eigenvalue weighted by atomic mass is 9.84. The Morgan fingerprint density at radius 3 is 2.66 bits per heavy atom. The van der Waals surface area contributed by atoms with Gasteiger partial charge in [0.2, 0.25) is 15.9 Å². The Labute approximate surface area is 238 Å². The zero-order valence-corrected chi connectivity index (χ0v) is 23.7. The fourth-order valence-electron chi connectivity index (χ4n) is 5.84. The maximum atomic E-state index is 13.9. The third kappa shape index (κ3) is 6.52. The highest BCUT2D eigenvalue weighted by molar-refractivity contribution is 7.89. The molecule has 9 nitrogen and oxygen atoms in total. The molecular formula is C28H35F3N4O5S. The van der Waals surface area contributed by atoms with Crippen molar-refractivity contribution in [1.29, 1.82) is 0 Å². The third-order valence-electron chi connectivity index (χ3n) is 8.10. The van der Waals surface area contributed by atoms with Crippen molar-refractivity contribution < 1.29 is 35.9 Å². The van der Waals surface area contributed by atoms with Gasteiger partial charge in [-0.3, -0.25) is 14.7 Å². The van der Waals surface area contributed by atoms with E-state index in [9.17, 15) is 26.4 Å². The van der Waals surface area contributed by atoms with Gasteiger partial charge in [-0.25, -0.2) is 8.42 Å². The van der Waals surface area contributed by atoms with Crippen molar-refractivity contribution >= 4 is 15.9 Å². The number of halogens is 3. The van der Waals surface area contributed by atoms with Gasteiger partial charge in [0.1, 0.15) is 16.7 Å². The van der Waals surface area contributed by atoms with E-state index in [1.807, 2.05) is 25.3 Å². The minimum atomic E-state index is -4.75. The van der Waals surface area contributed by atoms with E-state index in [-0.39, 0.29) is 25.3 Å². The summed E-state index contributed by atoms with van der Waals surface area (Å²) in [5.41, 5.74) is -0.677. The molecule has 0 bridgehead atoms. The Morgan fingerprint density at radius 1 is 1.20 bits per heavy atom. The van der Waals surface area contributed by atoms with Gasteiger partial charge in [0.05, 0.1) is 18.3 Å². The molecule has 1 aromatic carbocycles. The molecule has 0 aliphatic carbocycles. The smallest absolute Gasteiger partial charge is 0.416 e. The molecule has 224 valence electrons. The second-order valence-electron chi connectivity index (χ2n) is 11.0. The number of pyridine rings is 1. The van der Waals surface area contributed by atoms with E-state index < -0.39 is 50.3 Å². The summed E-state index contributed by atoms with van der Waals surface area (Å²) in [6.45, 7) is 4.28. The van der Waals surface area contributed by atoms with Crippen molar-refractivity contribution in [3.63, 3.8) is 0 Å². The van der Waals surface area contributed by atoms with Gasteiger partial charge in [0.25, 0.3) is 0 Å². The van der Waals surface area contributed by atoms with Gasteiger partial charge in [0.15, 0.2) is 0 Å². The highest BCUT2D eigenvalue weighted by atomic mass is 32.2. The number of alkyl halides is 3. The lowest BCUT2D eigenvalue weighted by molar-refractivity contribution is -0.137. The molecule has 3 aliphatic rings. The summed E-state index contributed by atoms with van der Waals surface area (Å²) in [6, 6.07) is 5.25. The van der Waals surface area contributed by atoms with Crippen LogP contribution >= 0.6 is 0 Å². The maximum Gasteiger partial charge on any atom is 0.416 e. The van der Waals surface area contributed by atoms with Crippen molar-refractivity contribution in [2.24, 2.45) is 0 Å². The predicted molar refractivity (Wildman–Crippen MR) is 144 cm³/mol. The van der Waals surface area contributed by atoms with Gasteiger partial charge in [-0.1, -0.05) is 13.0 Å². The summed E-state index contributed by atoms with van der Waals surface area (Å²) in [4.78, 5) is 19.7. The molecule has 2 fully saturated rings. The van der Waals surface area contributed by atoms with Crippen LogP contribution in [-0.4, -0.2) is 79.0 Å². The molecule has 2 saturated heterocycles. The van der Waals surface area contributed by atoms with Gasteiger partial charge in [0, 0.05) is 63.6 Å². The first kappa shape index (κ1) is 29.7. The van der Waals surface area contributed by atoms with E-state index in [0.717, 1.165) is 22.0 Å². The molecule has 13 heteroatoms. The van der Waals surface area contributed by atoms with Gasteiger partial charge in [-0.15, -0.1) is 0 Å². The summed E-state index contributed by atoms with van der Waals surface area (Å²) in [5, 5.41) is 3.16. The van der Waals surface area contributed by atoms with Crippen LogP contribution in [0.25, 0.3) is 0 Å². The first-order valence-corrected chi connectivity index (χ1v) is 15.4. The lowest BCUT2D eigenvalue weighted by Gasteiger charge is -2.43. The number of hydrogen-bond acceptors (Lipinski definition) is 7. The molecule has 0 saturated carbocycles. The normalized spacial score (nSPS) is 25.0. The number of sulfonamides is 1. The zero-order valence-electron chi connectivity index (χ0n) is 22.9. The molecule has 3 aliphatic heterocycles. The standard InChI is InChI=1S/C28H35F3N4O5S/c1-2-13-39-22-16-23-26(36)33-27(7-11-34(12-8-27)18-20-4-3-10-32-17-20)9-14-40-24-6-5-21(28(29,30)31)15-25(24)41(37,38)35(23)19-22/h3-6,10,15,17,22-23H,2,7-9,11-14,16,18-19H2,1H3,(H,33,36)/t22-,23+/m1/s1. The Kier molecular flexibility index (Phi) is 8.61. The number of likely N-dealkylation sites (tertiary alicyclic amines) is 1. The van der Waals surface area contributed by atoms with Crippen LogP contribution in [0.2, 0.25) is 0 Å². The minimum absolute atomic E-state index is 0.0314. The molecule has 2 aromatic rings. The van der Waals surface area contributed by atoms with Crippen molar-refractivity contribution in [1.82, 2.24) is 19.5 Å². The SMILES string of the molecule is CCCO[C@@H]1C[C@H]2C(=O)NC3(CCOc4ccc(C(F)(F)F)cc4S(=O)(=O)N2C1)CCN(Cc1cccnc1)CC3. The number of amides is 1. The number of nitrogens with one attached hydrogen (secondary N) is 1. The summed E-state index contributed by atoms with van der Waals surface area (Å²) in [5.74, 6) is -0.625. The van der Waals surface area contributed by atoms with Crippen molar-refractivity contribution in [2.75, 3.05) is 32.8 Å². The number of hydrogen-bond donors (Lipinski definition) is 1. The number of fused-ring (bicyclic) bond motifs is 2. The molecule has 0 unspecified atom stereocenters. The maximum absolute atomic E-state index is 13.9. The van der Waals surface area contributed by atoms with E-state index in [0.29, 0.717) is 58.0 Å². The minimum Gasteiger partial charge on any atom is -0.492 e. The molecule has 4 heterocycles. The highest BCUT2D eigenvalue weighted by Gasteiger charge is 2.48. The number of nitrogens with zero attached hydrogens (tertiary/aromatic N) is 3. The molecule has 2 atom stereocenters. The molecule has 1 spiro atoms. The zero-order chi connectivity index (χ0) is 29.3. The largest absolute Gasteiger partial charge is 0.492 e. The molecule has 1 aromatic heterocycles. The van der Waals surface area contributed by atoms with E-state index in [1.165, 1.54) is 0 Å². The Hall–Kier alpha value is -2.74. The number of ether oxygens (including phenoxy) is 2. The molecule has 41 heavy (non-hydrogen) atoms. The number of piperidine rings is 1. The van der Waals surface area contributed by atoms with Crippen molar-refractivity contribution in [3.05, 3.63) is 53.9 Å². The van der Waals surface area contributed by atoms with Crippen LogP contribution in [0.15, 0.2) is 47.6 Å². The fraction of sp³-hybridized carbons (Fsp3) is 0.571. The van der Waals surface area contributed by atoms with Gasteiger partial charge < -0.3 is 14.8 Å². The van der Waals surface area contributed by atoms with Crippen LogP contribution in [0.5, 0.6) is 5.75 Å². The van der Waals surface area contributed by atoms with Crippen LogP contribution in [0.1, 0.15) is 50.2 Å². The summed E-state index contributed by atoms with van der Waals surface area (Å²) in [6.07, 6.45) is 0.639. The number of rotatable bonds is 5. The van der Waals surface area contributed by atoms with Crippen LogP contribution < -0.4 is 10.1 Å². The molecule has 0 radical (unpaired) electrons. The molecular weight excluding hydrogens is 561 g/mol. The first-order valence-electron chi connectivity index (χ1n) is 13.9. The lowest BCUT2D eigenvalue weighted by Crippen LogP contribution is -2.59. The monoisotopic (exact) mass is 596 g/mol. The summed E-state index contributed by atoms with van der Waals surface area (Å²) < 4.78 is 81.3. The first-order chi connectivity index (χ1) is 19.5. The van der Waals surface area contributed by atoms with Crippen LogP contribution in [0, 0.1) is 0 Å². The fourth-order valence-corrected chi connectivity index (χ4v) is 7.63. The topological polar surface area (TPSA) is 101 Å². The Balaban J connectivity index is 1.45. The van der Waals surface area contributed by atoms with Gasteiger partial charge in [-0.2, -0.15) is 17.5 Å². The van der Waals surface area contributed by atoms with E-state index in [4.69, 9.17) is 9.47 Å². The Morgan fingerprint density at radius 2 is 1.98 bits per heavy atom. The number of carbonyl (C=O) groups is 1.